The molecule has 170 valence electrons. The largest absolute Gasteiger partial charge is 0.465 e. The number of halogens is 3. The first-order valence-corrected chi connectivity index (χ1v) is 12.6. The molecule has 0 radical (unpaired) electrons. The summed E-state index contributed by atoms with van der Waals surface area (Å²) < 4.78 is 3.07. The normalized spacial score (nSPS) is 28.4. The number of methoxy groups -OCH3 is 1. The average molecular weight is 602 g/mol. The van der Waals surface area contributed by atoms with Gasteiger partial charge in [-0.2, -0.15) is 0 Å². The van der Waals surface area contributed by atoms with E-state index < -0.39 is 26.5 Å². The number of nitrogens with zero attached hydrogens (tertiary/aromatic N) is 1. The van der Waals surface area contributed by atoms with Crippen LogP contribution >= 0.6 is 43.5 Å². The van der Waals surface area contributed by atoms with E-state index in [1.165, 1.54) is 24.1 Å². The number of benzene rings is 3. The van der Waals surface area contributed by atoms with E-state index in [2.05, 4.69) is 31.9 Å². The lowest BCUT2D eigenvalue weighted by molar-refractivity contribution is -0.122. The first kappa shape index (κ1) is 22.0. The lowest BCUT2D eigenvalue weighted by atomic mass is 9.54. The van der Waals surface area contributed by atoms with Gasteiger partial charge < -0.3 is 4.74 Å². The molecule has 3 aromatic rings. The summed E-state index contributed by atoms with van der Waals surface area (Å²) in [7, 11) is 1.25. The first-order chi connectivity index (χ1) is 16.3. The van der Waals surface area contributed by atoms with Crippen molar-refractivity contribution in [3.63, 3.8) is 0 Å². The maximum atomic E-state index is 14.0. The molecule has 3 aromatic carbocycles. The molecule has 0 unspecified atom stereocenters. The molecule has 0 saturated carbocycles. The van der Waals surface area contributed by atoms with Crippen LogP contribution in [0.1, 0.15) is 32.6 Å². The Balaban J connectivity index is 1.59. The molecule has 1 fully saturated rings. The number of ether oxygens (including phenoxy) is 1. The van der Waals surface area contributed by atoms with Gasteiger partial charge in [-0.1, -0.05) is 92.0 Å². The van der Waals surface area contributed by atoms with E-state index in [1.54, 1.807) is 6.07 Å². The van der Waals surface area contributed by atoms with Crippen molar-refractivity contribution in [2.45, 2.75) is 8.65 Å². The van der Waals surface area contributed by atoms with E-state index >= 15 is 0 Å². The molecule has 34 heavy (non-hydrogen) atoms. The highest BCUT2D eigenvalue weighted by molar-refractivity contribution is 9.10. The minimum Gasteiger partial charge on any atom is -0.465 e. The molecule has 0 N–H and O–H groups in total. The number of carbonyl (C=O) groups is 3. The second-order valence-corrected chi connectivity index (χ2v) is 11.5. The van der Waals surface area contributed by atoms with Crippen LogP contribution in [-0.4, -0.2) is 24.9 Å². The lowest BCUT2D eigenvalue weighted by Gasteiger charge is -2.55. The summed E-state index contributed by atoms with van der Waals surface area (Å²) in [6.45, 7) is 0. The Morgan fingerprint density at radius 3 is 1.71 bits per heavy atom. The van der Waals surface area contributed by atoms with Gasteiger partial charge in [0.1, 0.15) is 0 Å². The maximum Gasteiger partial charge on any atom is 0.339 e. The quantitative estimate of drug-likeness (QED) is 0.220. The fraction of sp³-hybridized carbons (Fsp3) is 0.192. The van der Waals surface area contributed by atoms with E-state index in [1.807, 2.05) is 48.5 Å². The van der Waals surface area contributed by atoms with Crippen LogP contribution in [-0.2, 0) is 23.0 Å². The van der Waals surface area contributed by atoms with E-state index in [0.717, 1.165) is 22.3 Å². The average Bonchev–Trinajstić information content (AvgIpc) is 3.13. The molecule has 1 saturated heterocycles. The van der Waals surface area contributed by atoms with Crippen molar-refractivity contribution in [1.29, 1.82) is 0 Å². The summed E-state index contributed by atoms with van der Waals surface area (Å²) in [5, 5.41) is 0.181. The second-order valence-electron chi connectivity index (χ2n) is 8.64. The third-order valence-electron chi connectivity index (χ3n) is 7.20. The fourth-order valence-corrected chi connectivity index (χ4v) is 8.34. The third kappa shape index (κ3) is 2.47. The van der Waals surface area contributed by atoms with Crippen molar-refractivity contribution in [2.24, 2.45) is 11.8 Å². The summed E-state index contributed by atoms with van der Waals surface area (Å²) in [6, 6.07) is 20.3. The van der Waals surface area contributed by atoms with E-state index in [9.17, 15) is 14.4 Å². The van der Waals surface area contributed by atoms with Crippen LogP contribution in [0.25, 0.3) is 0 Å². The van der Waals surface area contributed by atoms with Gasteiger partial charge >= 0.3 is 5.97 Å². The van der Waals surface area contributed by atoms with Gasteiger partial charge in [0.2, 0.25) is 11.8 Å². The zero-order chi connectivity index (χ0) is 24.0. The predicted octanol–water partition coefficient (Wildman–Crippen LogP) is 5.54. The minimum absolute atomic E-state index is 0.0915. The van der Waals surface area contributed by atoms with Crippen LogP contribution in [0.5, 0.6) is 0 Å². The van der Waals surface area contributed by atoms with Crippen LogP contribution in [0.3, 0.4) is 0 Å². The number of amides is 2. The summed E-state index contributed by atoms with van der Waals surface area (Å²) >= 11 is 14.1. The molecular formula is C26H16Br2ClNO4. The highest BCUT2D eigenvalue weighted by Crippen LogP contribution is 2.70. The number of hydrogen-bond acceptors (Lipinski definition) is 4. The highest BCUT2D eigenvalue weighted by Gasteiger charge is 2.72. The maximum absolute atomic E-state index is 14.0. The van der Waals surface area contributed by atoms with Gasteiger partial charge in [0.15, 0.2) is 0 Å². The number of anilines is 1. The van der Waals surface area contributed by atoms with Crippen molar-refractivity contribution in [1.82, 2.24) is 0 Å². The van der Waals surface area contributed by atoms with Crippen molar-refractivity contribution in [3.05, 3.63) is 99.6 Å². The van der Waals surface area contributed by atoms with Crippen molar-refractivity contribution in [3.8, 4) is 0 Å². The molecule has 0 spiro atoms. The van der Waals surface area contributed by atoms with E-state index in [-0.39, 0.29) is 28.1 Å². The van der Waals surface area contributed by atoms with Crippen LogP contribution in [0.4, 0.5) is 5.69 Å². The number of carbonyl (C=O) groups excluding carboxylic acids is 3. The van der Waals surface area contributed by atoms with Crippen molar-refractivity contribution in [2.75, 3.05) is 12.0 Å². The summed E-state index contributed by atoms with van der Waals surface area (Å²) in [4.78, 5) is 41.5. The molecule has 2 atom stereocenters. The Hall–Kier alpha value is -2.48. The third-order valence-corrected chi connectivity index (χ3v) is 10.2. The van der Waals surface area contributed by atoms with Crippen molar-refractivity contribution >= 4 is 66.9 Å². The van der Waals surface area contributed by atoms with Crippen LogP contribution in [0, 0.1) is 11.8 Å². The predicted molar refractivity (Wildman–Crippen MR) is 135 cm³/mol. The molecule has 8 heteroatoms. The smallest absolute Gasteiger partial charge is 0.339 e. The Morgan fingerprint density at radius 1 is 0.853 bits per heavy atom. The summed E-state index contributed by atoms with van der Waals surface area (Å²) in [5.74, 6) is -2.70. The number of alkyl halides is 2. The van der Waals surface area contributed by atoms with Gasteiger partial charge in [-0.05, 0) is 40.5 Å². The SMILES string of the molecule is COC(=O)c1cc(N2C(=O)[C@@H]3[C@@H](C2=O)C2(Br)c4ccccc4C3(Br)c3ccccc32)ccc1Cl. The Labute approximate surface area is 217 Å². The number of rotatable bonds is 2. The van der Waals surface area contributed by atoms with Crippen molar-refractivity contribution < 1.29 is 19.1 Å². The molecule has 4 aliphatic rings. The number of hydrogen-bond donors (Lipinski definition) is 0. The molecule has 3 aliphatic carbocycles. The summed E-state index contributed by atoms with van der Waals surface area (Å²) in [6.07, 6.45) is 0. The molecule has 0 aromatic heterocycles. The van der Waals surface area contributed by atoms with E-state index in [0.29, 0.717) is 0 Å². The molecule has 1 aliphatic heterocycles. The van der Waals surface area contributed by atoms with Crippen LogP contribution < -0.4 is 4.90 Å². The molecule has 2 bridgehead atoms. The van der Waals surface area contributed by atoms with Gasteiger partial charge in [0, 0.05) is 0 Å². The van der Waals surface area contributed by atoms with Gasteiger partial charge in [-0.25, -0.2) is 9.69 Å². The first-order valence-electron chi connectivity index (χ1n) is 10.6. The molecule has 7 rings (SSSR count). The fourth-order valence-electron chi connectivity index (χ4n) is 5.84. The highest BCUT2D eigenvalue weighted by atomic mass is 79.9. The molecule has 1 heterocycles. The van der Waals surface area contributed by atoms with E-state index in [4.69, 9.17) is 16.3 Å². The van der Waals surface area contributed by atoms with Gasteiger partial charge in [0.05, 0.1) is 43.9 Å². The zero-order valence-electron chi connectivity index (χ0n) is 17.7. The number of esters is 1. The Morgan fingerprint density at radius 2 is 1.29 bits per heavy atom. The summed E-state index contributed by atoms with van der Waals surface area (Å²) in [5.41, 5.74) is 4.22. The second kappa shape index (κ2) is 7.26. The van der Waals surface area contributed by atoms with Gasteiger partial charge in [-0.15, -0.1) is 0 Å². The number of imide groups is 1. The van der Waals surface area contributed by atoms with Gasteiger partial charge in [-0.3, -0.25) is 9.59 Å². The lowest BCUT2D eigenvalue weighted by Crippen LogP contribution is -2.56. The standard InChI is InChI=1S/C26H16Br2ClNO4/c1-34-24(33)14-12-13(10-11-19(14)29)30-22(31)20-21(23(30)32)26(28)16-7-3-2-6-15(16)25(20,27)17-8-4-5-9-18(17)26/h2-12,20-21H,1H3/t20-,21-,25?,26?/m0/s1. The molecule has 5 nitrogen and oxygen atoms in total. The minimum atomic E-state index is -0.876. The van der Waals surface area contributed by atoms with Gasteiger partial charge in [0.25, 0.3) is 0 Å². The van der Waals surface area contributed by atoms with Crippen LogP contribution in [0.15, 0.2) is 66.7 Å². The Kier molecular flexibility index (Phi) is 4.70. The topological polar surface area (TPSA) is 63.7 Å². The molecule has 2 amide bonds. The zero-order valence-corrected chi connectivity index (χ0v) is 21.6. The molecular weight excluding hydrogens is 586 g/mol. The monoisotopic (exact) mass is 599 g/mol. The van der Waals surface area contributed by atoms with Crippen LogP contribution in [0.2, 0.25) is 5.02 Å². The Bertz CT molecular complexity index is 1320.